The maximum atomic E-state index is 12.5. The summed E-state index contributed by atoms with van der Waals surface area (Å²) in [7, 11) is 0. The van der Waals surface area contributed by atoms with E-state index >= 15 is 0 Å². The standard InChI is InChI=1S/C28H36O6.C20H18O4.C18H14O4.C16H10O4.H2/c1-3-5-19-31-23-11-7-21(8-12-23)27(29)33-25-15-17-26(18-16-25)34-28(30)22-9-13-24(14-10-22)32-20-6-4-2;1-3-15-5-9-17(10-6-15)23-19(21)13-14-20(22)24-18-11-7-16(4-2)8-12-18;1-13-3-7-15(8-4-13)21-17(19)11-12-18(20)22-16-9-5-14(2)6-10-16;17-15(19-13-7-3-1-4-8-13)11-12-16(18)20-14-9-5-2-6-10-14;/h7-14,25-26H,3-6,15-20H2,1-2H3;5-12H,3-4H2,1-2H3;3-10H,1-2H3;1-10H;1H. The Hall–Kier alpha value is -12.2. The Morgan fingerprint density at radius 2 is 0.560 bits per heavy atom. The van der Waals surface area contributed by atoms with Gasteiger partial charge in [0.15, 0.2) is 0 Å². The van der Waals surface area contributed by atoms with E-state index < -0.39 is 35.8 Å². The number of benzene rings is 8. The molecular formula is C82H80O18. The van der Waals surface area contributed by atoms with E-state index in [-0.39, 0.29) is 25.6 Å². The van der Waals surface area contributed by atoms with Gasteiger partial charge >= 0.3 is 47.8 Å². The lowest BCUT2D eigenvalue weighted by atomic mass is 9.95. The Bertz CT molecular complexity index is 3850. The van der Waals surface area contributed by atoms with Gasteiger partial charge in [0.1, 0.15) is 58.2 Å². The second-order valence-electron chi connectivity index (χ2n) is 22.0. The van der Waals surface area contributed by atoms with E-state index in [1.807, 2.05) is 76.2 Å². The molecule has 1 fully saturated rings. The fourth-order valence-corrected chi connectivity index (χ4v) is 8.63. The molecule has 8 aromatic carbocycles. The summed E-state index contributed by atoms with van der Waals surface area (Å²) in [5.41, 5.74) is 5.40. The summed E-state index contributed by atoms with van der Waals surface area (Å²) >= 11 is 0. The second-order valence-corrected chi connectivity index (χ2v) is 22.0. The molecule has 18 heteroatoms. The molecule has 0 radical (unpaired) electrons. The van der Waals surface area contributed by atoms with Crippen LogP contribution in [0.4, 0.5) is 0 Å². The van der Waals surface area contributed by atoms with E-state index in [0.717, 1.165) is 72.3 Å². The number of hydrogen-bond donors (Lipinski definition) is 0. The van der Waals surface area contributed by atoms with Crippen LogP contribution >= 0.6 is 0 Å². The molecule has 0 aliphatic heterocycles. The molecule has 1 aliphatic rings. The molecular weight excluding hydrogens is 1270 g/mol. The minimum atomic E-state index is -0.818. The van der Waals surface area contributed by atoms with Gasteiger partial charge in [-0.2, -0.15) is 0 Å². The smallest absolute Gasteiger partial charge is 0.390 e. The van der Waals surface area contributed by atoms with Crippen LogP contribution in [-0.4, -0.2) is 73.2 Å². The maximum absolute atomic E-state index is 12.5. The highest BCUT2D eigenvalue weighted by Crippen LogP contribution is 2.27. The molecule has 1 saturated carbocycles. The maximum Gasteiger partial charge on any atom is 0.390 e. The Kier molecular flexibility index (Phi) is 33.1. The highest BCUT2D eigenvalue weighted by atomic mass is 16.6. The van der Waals surface area contributed by atoms with Gasteiger partial charge in [0.2, 0.25) is 0 Å². The summed E-state index contributed by atoms with van der Waals surface area (Å²) in [6, 6.07) is 59.1. The normalized spacial score (nSPS) is 12.1. The predicted molar refractivity (Wildman–Crippen MR) is 377 cm³/mol. The molecule has 0 atom stereocenters. The summed E-state index contributed by atoms with van der Waals surface area (Å²) in [6.45, 7) is 13.5. The van der Waals surface area contributed by atoms with Crippen LogP contribution in [0.15, 0.2) is 206 Å². The zero-order chi connectivity index (χ0) is 71.7. The molecule has 9 rings (SSSR count). The third-order valence-corrected chi connectivity index (χ3v) is 14.1. The number of carbonyl (C=O) groups is 8. The zero-order valence-corrected chi connectivity index (χ0v) is 56.6. The molecule has 0 aromatic heterocycles. The molecule has 516 valence electrons. The molecule has 0 amide bonds. The van der Waals surface area contributed by atoms with Gasteiger partial charge in [0, 0.05) is 36.9 Å². The van der Waals surface area contributed by atoms with Crippen LogP contribution in [0.25, 0.3) is 0 Å². The van der Waals surface area contributed by atoms with Gasteiger partial charge in [0.25, 0.3) is 0 Å². The van der Waals surface area contributed by atoms with Crippen molar-refractivity contribution in [1.29, 1.82) is 0 Å². The van der Waals surface area contributed by atoms with Crippen molar-refractivity contribution in [2.24, 2.45) is 0 Å². The SMILES string of the molecule is CCCCOc1ccc(C(=O)OC2CCC(OC(=O)c3ccc(OCCCC)cc3)CC2)cc1.CCc1ccc(OC(=O)C#CC(=O)Oc2ccc(CC)cc2)cc1.Cc1ccc(OC(=O)C#CC(=O)Oc2ccc(C)cc2)cc1.O=C(C#CC(=O)Oc1ccccc1)Oc1ccccc1.[HH]. The fraction of sp³-hybridized carbons (Fsp3) is 0.244. The fourth-order valence-electron chi connectivity index (χ4n) is 8.63. The lowest BCUT2D eigenvalue weighted by Crippen LogP contribution is -2.29. The Morgan fingerprint density at radius 3 is 0.810 bits per heavy atom. The lowest BCUT2D eigenvalue weighted by Gasteiger charge is -2.28. The van der Waals surface area contributed by atoms with Crippen molar-refractivity contribution < 1.29 is 87.2 Å². The van der Waals surface area contributed by atoms with Crippen molar-refractivity contribution in [3.8, 4) is 81.5 Å². The molecule has 1 aliphatic carbocycles. The van der Waals surface area contributed by atoms with E-state index in [2.05, 4.69) is 49.4 Å². The topological polar surface area (TPSA) is 229 Å². The summed E-state index contributed by atoms with van der Waals surface area (Å²) in [6.07, 6.45) is 8.32. The van der Waals surface area contributed by atoms with Crippen LogP contribution < -0.4 is 37.9 Å². The molecule has 0 N–H and O–H groups in total. The average Bonchev–Trinajstić information content (AvgIpc) is 0.879. The van der Waals surface area contributed by atoms with Gasteiger partial charge < -0.3 is 47.4 Å². The average molecular weight is 1350 g/mol. The first-order valence-corrected chi connectivity index (χ1v) is 32.6. The molecule has 0 saturated heterocycles. The van der Waals surface area contributed by atoms with Gasteiger partial charge in [-0.05, 0) is 198 Å². The highest BCUT2D eigenvalue weighted by Gasteiger charge is 2.27. The number of rotatable bonds is 20. The quantitative estimate of drug-likeness (QED) is 0.0227. The molecule has 8 aromatic rings. The number of hydrogen-bond acceptors (Lipinski definition) is 18. The van der Waals surface area contributed by atoms with Crippen LogP contribution in [0.1, 0.15) is 123 Å². The number of ether oxygens (including phenoxy) is 10. The lowest BCUT2D eigenvalue weighted by molar-refractivity contribution is -0.130. The van der Waals surface area contributed by atoms with Gasteiger partial charge in [-0.25, -0.2) is 38.4 Å². The van der Waals surface area contributed by atoms with Crippen molar-refractivity contribution in [3.63, 3.8) is 0 Å². The van der Waals surface area contributed by atoms with Gasteiger partial charge in [0.05, 0.1) is 24.3 Å². The van der Waals surface area contributed by atoms with Crippen LogP contribution in [0.5, 0.6) is 46.0 Å². The van der Waals surface area contributed by atoms with Crippen LogP contribution in [-0.2, 0) is 51.1 Å². The Labute approximate surface area is 584 Å². The molecule has 100 heavy (non-hydrogen) atoms. The van der Waals surface area contributed by atoms with E-state index in [9.17, 15) is 38.4 Å². The van der Waals surface area contributed by atoms with Crippen LogP contribution in [0.3, 0.4) is 0 Å². The third kappa shape index (κ3) is 30.3. The van der Waals surface area contributed by atoms with Gasteiger partial charge in [-0.15, -0.1) is 0 Å². The molecule has 0 unspecified atom stereocenters. The summed E-state index contributed by atoms with van der Waals surface area (Å²) in [4.78, 5) is 93.9. The molecule has 0 spiro atoms. The van der Waals surface area contributed by atoms with E-state index in [0.29, 0.717) is 84.5 Å². The monoisotopic (exact) mass is 1350 g/mol. The molecule has 18 nitrogen and oxygen atoms in total. The summed E-state index contributed by atoms with van der Waals surface area (Å²) in [5, 5.41) is 0. The number of carbonyl (C=O) groups excluding carboxylic acids is 8. The number of unbranched alkanes of at least 4 members (excludes halogenated alkanes) is 2. The minimum Gasteiger partial charge on any atom is -0.494 e. The number of esters is 8. The number of para-hydroxylation sites is 2. The largest absolute Gasteiger partial charge is 0.494 e. The first kappa shape index (κ1) is 76.8. The third-order valence-electron chi connectivity index (χ3n) is 14.1. The summed E-state index contributed by atoms with van der Waals surface area (Å²) < 4.78 is 52.4. The molecule has 0 heterocycles. The van der Waals surface area contributed by atoms with Crippen molar-refractivity contribution in [1.82, 2.24) is 0 Å². The van der Waals surface area contributed by atoms with Crippen LogP contribution in [0, 0.1) is 49.4 Å². The first-order chi connectivity index (χ1) is 48.4. The van der Waals surface area contributed by atoms with Gasteiger partial charge in [-0.1, -0.05) is 137 Å². The zero-order valence-electron chi connectivity index (χ0n) is 56.6. The first-order valence-electron chi connectivity index (χ1n) is 32.6. The number of aryl methyl sites for hydroxylation is 4. The van der Waals surface area contributed by atoms with Crippen molar-refractivity contribution in [2.75, 3.05) is 13.2 Å². The highest BCUT2D eigenvalue weighted by molar-refractivity contribution is 6.01. The second kappa shape index (κ2) is 43.1. The Balaban J connectivity index is 0.000000247. The van der Waals surface area contributed by atoms with E-state index in [1.54, 1.807) is 158 Å². The van der Waals surface area contributed by atoms with Crippen molar-refractivity contribution in [3.05, 3.63) is 240 Å². The van der Waals surface area contributed by atoms with Gasteiger partial charge in [-0.3, -0.25) is 0 Å². The van der Waals surface area contributed by atoms with Crippen molar-refractivity contribution >= 4 is 47.8 Å². The van der Waals surface area contributed by atoms with E-state index in [4.69, 9.17) is 47.4 Å². The van der Waals surface area contributed by atoms with Crippen molar-refractivity contribution in [2.45, 2.75) is 118 Å². The van der Waals surface area contributed by atoms with Crippen LogP contribution in [0.2, 0.25) is 0 Å². The minimum absolute atomic E-state index is 0. The van der Waals surface area contributed by atoms with E-state index in [1.165, 1.54) is 0 Å². The Morgan fingerprint density at radius 1 is 0.320 bits per heavy atom. The predicted octanol–water partition coefficient (Wildman–Crippen LogP) is 15.0. The summed E-state index contributed by atoms with van der Waals surface area (Å²) in [5.74, 6) is 10.8. The molecule has 0 bridgehead atoms.